The third-order valence-electron chi connectivity index (χ3n) is 4.51. The standard InChI is InChI=1S/C20H21F3N2O2/c1-12-5-4-6-18(14(12)3)27-11-19-24-16-9-15(20(21,22)23)7-8-17(16)25(19)10-13(2)26/h4-9,13,26H,10-11H2,1-3H3. The van der Waals surface area contributed by atoms with Crippen LogP contribution in [0.1, 0.15) is 29.4 Å². The number of aromatic nitrogens is 2. The maximum Gasteiger partial charge on any atom is 0.416 e. The molecule has 0 aliphatic rings. The number of nitrogens with zero attached hydrogens (tertiary/aromatic N) is 2. The number of aliphatic hydroxyl groups excluding tert-OH is 1. The summed E-state index contributed by atoms with van der Waals surface area (Å²) >= 11 is 0. The van der Waals surface area contributed by atoms with Crippen molar-refractivity contribution in [1.82, 2.24) is 9.55 Å². The number of halogens is 3. The number of aliphatic hydroxyl groups is 1. The fraction of sp³-hybridized carbons (Fsp3) is 0.350. The summed E-state index contributed by atoms with van der Waals surface area (Å²) in [6.07, 6.45) is -5.11. The van der Waals surface area contributed by atoms with Crippen molar-refractivity contribution in [1.29, 1.82) is 0 Å². The summed E-state index contributed by atoms with van der Waals surface area (Å²) in [7, 11) is 0. The summed E-state index contributed by atoms with van der Waals surface area (Å²) in [5.74, 6) is 1.16. The van der Waals surface area contributed by atoms with Gasteiger partial charge < -0.3 is 14.4 Å². The molecule has 0 spiro atoms. The average molecular weight is 378 g/mol. The number of hydrogen-bond acceptors (Lipinski definition) is 3. The second-order valence-corrected chi connectivity index (χ2v) is 6.68. The summed E-state index contributed by atoms with van der Waals surface area (Å²) in [5, 5.41) is 9.79. The highest BCUT2D eigenvalue weighted by Crippen LogP contribution is 2.32. The number of aryl methyl sites for hydroxylation is 1. The molecule has 144 valence electrons. The van der Waals surface area contributed by atoms with Crippen molar-refractivity contribution >= 4 is 11.0 Å². The van der Waals surface area contributed by atoms with E-state index in [4.69, 9.17) is 4.74 Å². The van der Waals surface area contributed by atoms with Gasteiger partial charge in [-0.1, -0.05) is 12.1 Å². The molecule has 0 fully saturated rings. The fourth-order valence-electron chi connectivity index (χ4n) is 2.96. The Labute approximate surface area is 155 Å². The van der Waals surface area contributed by atoms with E-state index in [1.54, 1.807) is 11.5 Å². The molecule has 7 heteroatoms. The van der Waals surface area contributed by atoms with Gasteiger partial charge in [0.05, 0.1) is 29.2 Å². The molecule has 27 heavy (non-hydrogen) atoms. The van der Waals surface area contributed by atoms with E-state index in [2.05, 4.69) is 4.98 Å². The first-order valence-corrected chi connectivity index (χ1v) is 8.60. The fourth-order valence-corrected chi connectivity index (χ4v) is 2.96. The minimum atomic E-state index is -4.43. The van der Waals surface area contributed by atoms with Gasteiger partial charge in [0, 0.05) is 0 Å². The first kappa shape index (κ1) is 19.2. The summed E-state index contributed by atoms with van der Waals surface area (Å²) in [5.41, 5.74) is 2.09. The van der Waals surface area contributed by atoms with Crippen LogP contribution in [-0.4, -0.2) is 20.8 Å². The predicted molar refractivity (Wildman–Crippen MR) is 96.7 cm³/mol. The Hall–Kier alpha value is -2.54. The Morgan fingerprint density at radius 1 is 1.19 bits per heavy atom. The van der Waals surface area contributed by atoms with Crippen LogP contribution in [0.15, 0.2) is 36.4 Å². The highest BCUT2D eigenvalue weighted by atomic mass is 19.4. The Balaban J connectivity index is 1.98. The minimum Gasteiger partial charge on any atom is -0.485 e. The zero-order valence-electron chi connectivity index (χ0n) is 15.3. The van der Waals surface area contributed by atoms with E-state index in [1.165, 1.54) is 6.07 Å². The summed E-state index contributed by atoms with van der Waals surface area (Å²) in [4.78, 5) is 4.33. The van der Waals surface area contributed by atoms with Crippen LogP contribution in [0.5, 0.6) is 5.75 Å². The predicted octanol–water partition coefficient (Wildman–Crippen LogP) is 4.63. The van der Waals surface area contributed by atoms with Crippen molar-refractivity contribution in [3.05, 3.63) is 58.9 Å². The monoisotopic (exact) mass is 378 g/mol. The Bertz CT molecular complexity index is 962. The van der Waals surface area contributed by atoms with Gasteiger partial charge in [-0.25, -0.2) is 4.98 Å². The van der Waals surface area contributed by atoms with E-state index in [0.717, 1.165) is 23.3 Å². The molecule has 0 saturated carbocycles. The van der Waals surface area contributed by atoms with Crippen LogP contribution in [-0.2, 0) is 19.3 Å². The minimum absolute atomic E-state index is 0.0903. The highest BCUT2D eigenvalue weighted by Gasteiger charge is 2.31. The van der Waals surface area contributed by atoms with Crippen molar-refractivity contribution < 1.29 is 23.0 Å². The molecule has 1 atom stereocenters. The Morgan fingerprint density at radius 2 is 1.93 bits per heavy atom. The molecule has 0 radical (unpaired) electrons. The van der Waals surface area contributed by atoms with Crippen LogP contribution in [0.2, 0.25) is 0 Å². The van der Waals surface area contributed by atoms with Crippen LogP contribution < -0.4 is 4.74 Å². The maximum atomic E-state index is 13.0. The maximum absolute atomic E-state index is 13.0. The molecular weight excluding hydrogens is 357 g/mol. The van der Waals surface area contributed by atoms with Gasteiger partial charge in [-0.2, -0.15) is 13.2 Å². The lowest BCUT2D eigenvalue weighted by molar-refractivity contribution is -0.137. The summed E-state index contributed by atoms with van der Waals surface area (Å²) in [6.45, 7) is 5.84. The van der Waals surface area contributed by atoms with E-state index in [-0.39, 0.29) is 18.7 Å². The first-order chi connectivity index (χ1) is 12.7. The van der Waals surface area contributed by atoms with Crippen LogP contribution in [0.3, 0.4) is 0 Å². The lowest BCUT2D eigenvalue weighted by Gasteiger charge is -2.14. The third-order valence-corrected chi connectivity index (χ3v) is 4.51. The second-order valence-electron chi connectivity index (χ2n) is 6.68. The molecular formula is C20H21F3N2O2. The smallest absolute Gasteiger partial charge is 0.416 e. The quantitative estimate of drug-likeness (QED) is 0.704. The van der Waals surface area contributed by atoms with Gasteiger partial charge >= 0.3 is 6.18 Å². The molecule has 0 aliphatic carbocycles. The molecule has 3 rings (SSSR count). The van der Waals surface area contributed by atoms with Crippen LogP contribution in [0, 0.1) is 13.8 Å². The number of fused-ring (bicyclic) bond motifs is 1. The van der Waals surface area contributed by atoms with Gasteiger partial charge in [0.1, 0.15) is 18.2 Å². The lowest BCUT2D eigenvalue weighted by atomic mass is 10.1. The Kier molecular flexibility index (Phi) is 5.15. The molecule has 0 bridgehead atoms. The zero-order valence-corrected chi connectivity index (χ0v) is 15.3. The Morgan fingerprint density at radius 3 is 2.59 bits per heavy atom. The van der Waals surface area contributed by atoms with Gasteiger partial charge in [0.25, 0.3) is 0 Å². The van der Waals surface area contributed by atoms with Gasteiger partial charge in [-0.3, -0.25) is 0 Å². The van der Waals surface area contributed by atoms with Gasteiger partial charge in [-0.05, 0) is 56.2 Å². The normalized spacial score (nSPS) is 13.1. The van der Waals surface area contributed by atoms with Crippen molar-refractivity contribution in [2.75, 3.05) is 0 Å². The number of alkyl halides is 3. The van der Waals surface area contributed by atoms with E-state index in [1.807, 2.05) is 32.0 Å². The SMILES string of the molecule is Cc1cccc(OCc2nc3cc(C(F)(F)F)ccc3n2CC(C)O)c1C. The van der Waals surface area contributed by atoms with Crippen molar-refractivity contribution in [3.8, 4) is 5.75 Å². The second kappa shape index (κ2) is 7.23. The van der Waals surface area contributed by atoms with Gasteiger partial charge in [0.15, 0.2) is 0 Å². The number of ether oxygens (including phenoxy) is 1. The summed E-state index contributed by atoms with van der Waals surface area (Å²) < 4.78 is 46.5. The van der Waals surface area contributed by atoms with E-state index < -0.39 is 17.8 Å². The van der Waals surface area contributed by atoms with E-state index in [0.29, 0.717) is 17.1 Å². The number of rotatable bonds is 5. The van der Waals surface area contributed by atoms with Crippen molar-refractivity contribution in [2.24, 2.45) is 0 Å². The average Bonchev–Trinajstić information content (AvgIpc) is 2.92. The van der Waals surface area contributed by atoms with Gasteiger partial charge in [0.2, 0.25) is 0 Å². The van der Waals surface area contributed by atoms with E-state index in [9.17, 15) is 18.3 Å². The van der Waals surface area contributed by atoms with E-state index >= 15 is 0 Å². The molecule has 2 aromatic carbocycles. The largest absolute Gasteiger partial charge is 0.485 e. The number of hydrogen-bond donors (Lipinski definition) is 1. The zero-order chi connectivity index (χ0) is 19.8. The molecule has 1 unspecified atom stereocenters. The molecule has 1 heterocycles. The molecule has 0 aliphatic heterocycles. The van der Waals surface area contributed by atoms with Crippen molar-refractivity contribution in [3.63, 3.8) is 0 Å². The number of imidazole rings is 1. The first-order valence-electron chi connectivity index (χ1n) is 8.60. The molecule has 4 nitrogen and oxygen atoms in total. The number of benzene rings is 2. The van der Waals surface area contributed by atoms with Crippen LogP contribution >= 0.6 is 0 Å². The topological polar surface area (TPSA) is 47.3 Å². The highest BCUT2D eigenvalue weighted by molar-refractivity contribution is 5.77. The van der Waals surface area contributed by atoms with Crippen LogP contribution in [0.25, 0.3) is 11.0 Å². The molecule has 3 aromatic rings. The molecule has 1 N–H and O–H groups in total. The molecule has 1 aromatic heterocycles. The molecule has 0 saturated heterocycles. The van der Waals surface area contributed by atoms with Crippen molar-refractivity contribution in [2.45, 2.75) is 46.2 Å². The lowest BCUT2D eigenvalue weighted by Crippen LogP contribution is -2.15. The summed E-state index contributed by atoms with van der Waals surface area (Å²) in [6, 6.07) is 9.13. The van der Waals surface area contributed by atoms with Crippen LogP contribution in [0.4, 0.5) is 13.2 Å². The third kappa shape index (κ3) is 4.08. The molecule has 0 amide bonds. The van der Waals surface area contributed by atoms with Gasteiger partial charge in [-0.15, -0.1) is 0 Å².